The SMILES string of the molecule is CN(C)c1ccc(/C=C2\S/C(=N/N=C\c3cccnc3)N(Cc3ccco3)C2=O)cc1. The fourth-order valence-corrected chi connectivity index (χ4v) is 3.83. The normalized spacial score (nSPS) is 16.7. The first-order chi connectivity index (χ1) is 15.1. The van der Waals surface area contributed by atoms with E-state index < -0.39 is 0 Å². The first-order valence-electron chi connectivity index (χ1n) is 9.62. The molecule has 1 aliphatic heterocycles. The van der Waals surface area contributed by atoms with Crippen LogP contribution in [0.3, 0.4) is 0 Å². The number of anilines is 1. The van der Waals surface area contributed by atoms with E-state index in [2.05, 4.69) is 15.2 Å². The third-order valence-corrected chi connectivity index (χ3v) is 5.52. The number of carbonyl (C=O) groups excluding carboxylic acids is 1. The summed E-state index contributed by atoms with van der Waals surface area (Å²) in [7, 11) is 3.98. The Kier molecular flexibility index (Phi) is 6.28. The van der Waals surface area contributed by atoms with Crippen molar-refractivity contribution in [2.75, 3.05) is 19.0 Å². The third kappa shape index (κ3) is 5.10. The van der Waals surface area contributed by atoms with Gasteiger partial charge in [0.05, 0.1) is 23.9 Å². The Balaban J connectivity index is 1.60. The Hall–Kier alpha value is -3.65. The van der Waals surface area contributed by atoms with Crippen molar-refractivity contribution < 1.29 is 9.21 Å². The Morgan fingerprint density at radius 1 is 1.13 bits per heavy atom. The predicted octanol–water partition coefficient (Wildman–Crippen LogP) is 4.25. The summed E-state index contributed by atoms with van der Waals surface area (Å²) in [4.78, 5) is 21.3. The van der Waals surface area contributed by atoms with Gasteiger partial charge in [-0.3, -0.25) is 14.7 Å². The Morgan fingerprint density at radius 3 is 2.65 bits per heavy atom. The minimum atomic E-state index is -0.131. The zero-order valence-corrected chi connectivity index (χ0v) is 18.0. The molecule has 0 unspecified atom stereocenters. The molecule has 0 N–H and O–H groups in total. The molecule has 8 heteroatoms. The van der Waals surface area contributed by atoms with Gasteiger partial charge in [-0.15, -0.1) is 5.10 Å². The highest BCUT2D eigenvalue weighted by atomic mass is 32.2. The second kappa shape index (κ2) is 9.44. The Labute approximate surface area is 184 Å². The van der Waals surface area contributed by atoms with E-state index in [1.807, 2.05) is 67.5 Å². The van der Waals surface area contributed by atoms with Crippen LogP contribution in [0, 0.1) is 0 Å². The van der Waals surface area contributed by atoms with Gasteiger partial charge in [-0.2, -0.15) is 5.10 Å². The molecule has 31 heavy (non-hydrogen) atoms. The van der Waals surface area contributed by atoms with E-state index in [4.69, 9.17) is 4.42 Å². The van der Waals surface area contributed by atoms with Crippen molar-refractivity contribution in [1.82, 2.24) is 9.88 Å². The molecule has 4 rings (SSSR count). The van der Waals surface area contributed by atoms with Crippen molar-refractivity contribution in [2.45, 2.75) is 6.54 Å². The van der Waals surface area contributed by atoms with Gasteiger partial charge in [-0.25, -0.2) is 0 Å². The van der Waals surface area contributed by atoms with E-state index in [1.54, 1.807) is 35.8 Å². The van der Waals surface area contributed by atoms with Crippen LogP contribution in [0.1, 0.15) is 16.9 Å². The van der Waals surface area contributed by atoms with Crippen LogP contribution in [0.5, 0.6) is 0 Å². The number of pyridine rings is 1. The molecule has 1 fully saturated rings. The minimum absolute atomic E-state index is 0.131. The molecule has 1 amide bonds. The molecule has 1 saturated heterocycles. The maximum absolute atomic E-state index is 13.1. The van der Waals surface area contributed by atoms with E-state index >= 15 is 0 Å². The standard InChI is InChI=1S/C23H21N5O2S/c1-27(2)19-9-7-17(8-10-19)13-21-22(29)28(16-20-6-4-12-30-20)23(31-21)26-25-15-18-5-3-11-24-14-18/h3-15H,16H2,1-2H3/b21-13-,25-15-,26-23+. The lowest BCUT2D eigenvalue weighted by Gasteiger charge is -2.12. The second-order valence-corrected chi connectivity index (χ2v) is 7.99. The third-order valence-electron chi connectivity index (χ3n) is 4.52. The smallest absolute Gasteiger partial charge is 0.267 e. The molecule has 3 heterocycles. The van der Waals surface area contributed by atoms with Crippen LogP contribution in [-0.2, 0) is 11.3 Å². The number of hydrogen-bond donors (Lipinski definition) is 0. The average molecular weight is 432 g/mol. The van der Waals surface area contributed by atoms with Crippen LogP contribution < -0.4 is 4.90 Å². The number of aromatic nitrogens is 1. The van der Waals surface area contributed by atoms with Crippen molar-refractivity contribution >= 4 is 40.8 Å². The highest BCUT2D eigenvalue weighted by molar-refractivity contribution is 8.18. The van der Waals surface area contributed by atoms with Crippen molar-refractivity contribution in [2.24, 2.45) is 10.2 Å². The summed E-state index contributed by atoms with van der Waals surface area (Å²) in [5.41, 5.74) is 2.87. The highest BCUT2D eigenvalue weighted by Crippen LogP contribution is 2.34. The average Bonchev–Trinajstić information content (AvgIpc) is 3.39. The summed E-state index contributed by atoms with van der Waals surface area (Å²) in [6.45, 7) is 0.289. The lowest BCUT2D eigenvalue weighted by Crippen LogP contribution is -2.28. The highest BCUT2D eigenvalue weighted by Gasteiger charge is 2.34. The fourth-order valence-electron chi connectivity index (χ4n) is 2.90. The molecule has 0 atom stereocenters. The molecular formula is C23H21N5O2S. The largest absolute Gasteiger partial charge is 0.467 e. The van der Waals surface area contributed by atoms with E-state index in [9.17, 15) is 4.79 Å². The molecule has 156 valence electrons. The summed E-state index contributed by atoms with van der Waals surface area (Å²) >= 11 is 1.30. The molecule has 0 aliphatic carbocycles. The number of rotatable bonds is 6. The summed E-state index contributed by atoms with van der Waals surface area (Å²) in [5.74, 6) is 0.544. The van der Waals surface area contributed by atoms with Gasteiger partial charge in [0.1, 0.15) is 5.76 Å². The number of hydrogen-bond acceptors (Lipinski definition) is 7. The van der Waals surface area contributed by atoms with E-state index in [-0.39, 0.29) is 12.5 Å². The summed E-state index contributed by atoms with van der Waals surface area (Å²) in [6.07, 6.45) is 8.46. The maximum Gasteiger partial charge on any atom is 0.267 e. The monoisotopic (exact) mass is 431 g/mol. The number of amides is 1. The van der Waals surface area contributed by atoms with Crippen molar-refractivity contribution in [1.29, 1.82) is 0 Å². The number of amidine groups is 1. The molecular weight excluding hydrogens is 410 g/mol. The molecule has 0 radical (unpaired) electrons. The number of furan rings is 1. The van der Waals surface area contributed by atoms with E-state index in [0.717, 1.165) is 16.8 Å². The van der Waals surface area contributed by atoms with Crippen LogP contribution in [0.2, 0.25) is 0 Å². The van der Waals surface area contributed by atoms with Crippen LogP contribution in [-0.4, -0.2) is 41.3 Å². The van der Waals surface area contributed by atoms with Gasteiger partial charge in [0.2, 0.25) is 0 Å². The first-order valence-corrected chi connectivity index (χ1v) is 10.4. The van der Waals surface area contributed by atoms with Crippen LogP contribution in [0.4, 0.5) is 5.69 Å². The Bertz CT molecular complexity index is 1120. The maximum atomic E-state index is 13.1. The van der Waals surface area contributed by atoms with Crippen LogP contribution in [0.25, 0.3) is 6.08 Å². The van der Waals surface area contributed by atoms with Gasteiger partial charge in [0.25, 0.3) is 5.91 Å². The van der Waals surface area contributed by atoms with Crippen LogP contribution in [0.15, 0.2) is 86.7 Å². The van der Waals surface area contributed by atoms with Crippen LogP contribution >= 0.6 is 11.8 Å². The fraction of sp³-hybridized carbons (Fsp3) is 0.130. The summed E-state index contributed by atoms with van der Waals surface area (Å²) in [6, 6.07) is 15.3. The summed E-state index contributed by atoms with van der Waals surface area (Å²) < 4.78 is 5.43. The van der Waals surface area contributed by atoms with E-state index in [0.29, 0.717) is 15.8 Å². The van der Waals surface area contributed by atoms with Gasteiger partial charge in [0.15, 0.2) is 5.17 Å². The number of nitrogens with zero attached hydrogens (tertiary/aromatic N) is 5. The molecule has 7 nitrogen and oxygen atoms in total. The topological polar surface area (TPSA) is 74.3 Å². The molecule has 1 aliphatic rings. The minimum Gasteiger partial charge on any atom is -0.467 e. The predicted molar refractivity (Wildman–Crippen MR) is 125 cm³/mol. The molecule has 2 aromatic heterocycles. The Morgan fingerprint density at radius 2 is 1.97 bits per heavy atom. The van der Waals surface area contributed by atoms with Gasteiger partial charge >= 0.3 is 0 Å². The van der Waals surface area contributed by atoms with Gasteiger partial charge in [-0.05, 0) is 53.7 Å². The second-order valence-electron chi connectivity index (χ2n) is 6.98. The lowest BCUT2D eigenvalue weighted by molar-refractivity contribution is -0.122. The van der Waals surface area contributed by atoms with Gasteiger partial charge in [-0.1, -0.05) is 18.2 Å². The number of carbonyl (C=O) groups is 1. The molecule has 3 aromatic rings. The number of thioether (sulfide) groups is 1. The van der Waals surface area contributed by atoms with Crippen molar-refractivity contribution in [3.8, 4) is 0 Å². The zero-order chi connectivity index (χ0) is 21.6. The summed E-state index contributed by atoms with van der Waals surface area (Å²) in [5, 5.41) is 8.95. The molecule has 0 saturated carbocycles. The number of benzene rings is 1. The molecule has 0 spiro atoms. The van der Waals surface area contributed by atoms with Crippen molar-refractivity contribution in [3.05, 3.63) is 89.0 Å². The lowest BCUT2D eigenvalue weighted by atomic mass is 10.2. The molecule has 1 aromatic carbocycles. The molecule has 0 bridgehead atoms. The van der Waals surface area contributed by atoms with Crippen molar-refractivity contribution in [3.63, 3.8) is 0 Å². The van der Waals surface area contributed by atoms with Gasteiger partial charge in [0, 0.05) is 37.7 Å². The quantitative estimate of drug-likeness (QED) is 0.331. The first kappa shape index (κ1) is 20.6. The zero-order valence-electron chi connectivity index (χ0n) is 17.2. The van der Waals surface area contributed by atoms with E-state index in [1.165, 1.54) is 11.8 Å². The van der Waals surface area contributed by atoms with Gasteiger partial charge < -0.3 is 9.32 Å².